The van der Waals surface area contributed by atoms with Crippen LogP contribution in [0.5, 0.6) is 0 Å². The first kappa shape index (κ1) is 14.1. The van der Waals surface area contributed by atoms with Gasteiger partial charge in [0.05, 0.1) is 5.69 Å². The van der Waals surface area contributed by atoms with Crippen molar-refractivity contribution in [2.24, 2.45) is 0 Å². The maximum Gasteiger partial charge on any atom is 0.126 e. The lowest BCUT2D eigenvalue weighted by molar-refractivity contribution is 0.265. The first-order valence-electron chi connectivity index (χ1n) is 7.25. The van der Waals surface area contributed by atoms with E-state index in [0.29, 0.717) is 11.3 Å². The third-order valence-corrected chi connectivity index (χ3v) is 4.09. The predicted molar refractivity (Wildman–Crippen MR) is 79.0 cm³/mol. The maximum absolute atomic E-state index is 13.4. The topological polar surface area (TPSA) is 16.1 Å². The highest BCUT2D eigenvalue weighted by Gasteiger charge is 2.19. The molecule has 0 N–H and O–H groups in total. The lowest BCUT2D eigenvalue weighted by Gasteiger charge is -2.28. The molecule has 2 nitrogen and oxygen atoms in total. The summed E-state index contributed by atoms with van der Waals surface area (Å²) >= 11 is 0. The second-order valence-electron chi connectivity index (χ2n) is 5.53. The van der Waals surface area contributed by atoms with Gasteiger partial charge in [0.2, 0.25) is 0 Å². The van der Waals surface area contributed by atoms with E-state index in [1.54, 1.807) is 0 Å². The summed E-state index contributed by atoms with van der Waals surface area (Å²) in [5, 5.41) is 0. The average molecular weight is 288 g/mol. The van der Waals surface area contributed by atoms with Crippen LogP contribution < -0.4 is 0 Å². The van der Waals surface area contributed by atoms with Crippen molar-refractivity contribution in [3.8, 4) is 11.3 Å². The van der Waals surface area contributed by atoms with E-state index in [0.717, 1.165) is 43.4 Å². The standard InChI is InChI=1S/C17H18F2N2/c1-3-21-5-4-16-15(10-21)11(2)6-17(20-16)12-7-13(18)9-14(19)8-12/h6-9H,3-5,10H2,1-2H3. The van der Waals surface area contributed by atoms with Gasteiger partial charge in [-0.1, -0.05) is 6.92 Å². The molecule has 0 spiro atoms. The number of pyridine rings is 1. The molecule has 0 bridgehead atoms. The quantitative estimate of drug-likeness (QED) is 0.837. The molecule has 110 valence electrons. The molecule has 0 fully saturated rings. The molecule has 0 saturated heterocycles. The van der Waals surface area contributed by atoms with E-state index in [9.17, 15) is 8.78 Å². The van der Waals surface area contributed by atoms with E-state index in [4.69, 9.17) is 0 Å². The number of hydrogen-bond acceptors (Lipinski definition) is 2. The number of benzene rings is 1. The molecular formula is C17H18F2N2. The lowest BCUT2D eigenvalue weighted by atomic mass is 9.98. The number of fused-ring (bicyclic) bond motifs is 1. The Kier molecular flexibility index (Phi) is 3.72. The molecule has 2 aromatic rings. The molecule has 4 heteroatoms. The molecule has 21 heavy (non-hydrogen) atoms. The molecule has 0 radical (unpaired) electrons. The van der Waals surface area contributed by atoms with Gasteiger partial charge in [-0.05, 0) is 42.8 Å². The molecule has 1 aromatic heterocycles. The highest BCUT2D eigenvalue weighted by Crippen LogP contribution is 2.27. The summed E-state index contributed by atoms with van der Waals surface area (Å²) in [6, 6.07) is 5.47. The maximum atomic E-state index is 13.4. The van der Waals surface area contributed by atoms with Crippen LogP contribution in [-0.4, -0.2) is 23.0 Å². The number of hydrogen-bond donors (Lipinski definition) is 0. The molecule has 0 aliphatic carbocycles. The number of likely N-dealkylation sites (N-methyl/N-ethyl adjacent to an activating group) is 1. The second-order valence-corrected chi connectivity index (χ2v) is 5.53. The molecule has 0 unspecified atom stereocenters. The zero-order chi connectivity index (χ0) is 15.0. The number of rotatable bonds is 2. The van der Waals surface area contributed by atoms with Crippen LogP contribution >= 0.6 is 0 Å². The van der Waals surface area contributed by atoms with Crippen molar-refractivity contribution in [1.82, 2.24) is 9.88 Å². The van der Waals surface area contributed by atoms with Gasteiger partial charge in [-0.2, -0.15) is 0 Å². The summed E-state index contributed by atoms with van der Waals surface area (Å²) in [5.41, 5.74) is 4.59. The van der Waals surface area contributed by atoms with E-state index in [1.807, 2.05) is 13.0 Å². The summed E-state index contributed by atoms with van der Waals surface area (Å²) in [4.78, 5) is 7.01. The molecule has 3 rings (SSSR count). The normalized spacial score (nSPS) is 15.0. The molecule has 1 aliphatic heterocycles. The Morgan fingerprint density at radius 3 is 2.52 bits per heavy atom. The van der Waals surface area contributed by atoms with Crippen molar-refractivity contribution in [2.75, 3.05) is 13.1 Å². The van der Waals surface area contributed by atoms with Crippen molar-refractivity contribution in [3.05, 3.63) is 52.7 Å². The highest BCUT2D eigenvalue weighted by atomic mass is 19.1. The minimum absolute atomic E-state index is 0.497. The molecule has 0 amide bonds. The third-order valence-electron chi connectivity index (χ3n) is 4.09. The monoisotopic (exact) mass is 288 g/mol. The highest BCUT2D eigenvalue weighted by molar-refractivity contribution is 5.61. The molecule has 2 heterocycles. The van der Waals surface area contributed by atoms with Crippen LogP contribution in [0.4, 0.5) is 8.78 Å². The fourth-order valence-corrected chi connectivity index (χ4v) is 2.87. The van der Waals surface area contributed by atoms with Crippen LogP contribution in [0.25, 0.3) is 11.3 Å². The summed E-state index contributed by atoms with van der Waals surface area (Å²) in [6.45, 7) is 7.10. The molecule has 0 atom stereocenters. The Balaban J connectivity index is 2.04. The lowest BCUT2D eigenvalue weighted by Crippen LogP contribution is -2.31. The smallest absolute Gasteiger partial charge is 0.126 e. The summed E-state index contributed by atoms with van der Waals surface area (Å²) in [7, 11) is 0. The van der Waals surface area contributed by atoms with E-state index in [2.05, 4.69) is 16.8 Å². The third kappa shape index (κ3) is 2.81. The van der Waals surface area contributed by atoms with Gasteiger partial charge < -0.3 is 0 Å². The Morgan fingerprint density at radius 2 is 1.86 bits per heavy atom. The van der Waals surface area contributed by atoms with Crippen molar-refractivity contribution in [3.63, 3.8) is 0 Å². The number of halogens is 2. The van der Waals surface area contributed by atoms with Crippen LogP contribution in [0.3, 0.4) is 0 Å². The molecular weight excluding hydrogens is 270 g/mol. The van der Waals surface area contributed by atoms with Crippen LogP contribution in [0.15, 0.2) is 24.3 Å². The van der Waals surface area contributed by atoms with Crippen molar-refractivity contribution >= 4 is 0 Å². The van der Waals surface area contributed by atoms with Gasteiger partial charge in [-0.15, -0.1) is 0 Å². The van der Waals surface area contributed by atoms with Crippen molar-refractivity contribution < 1.29 is 8.78 Å². The first-order chi connectivity index (χ1) is 10.1. The van der Waals surface area contributed by atoms with Crippen LogP contribution in [0, 0.1) is 18.6 Å². The zero-order valence-electron chi connectivity index (χ0n) is 12.3. The number of nitrogens with zero attached hydrogens (tertiary/aromatic N) is 2. The Hall–Kier alpha value is -1.81. The van der Waals surface area contributed by atoms with E-state index in [1.165, 1.54) is 17.7 Å². The fraction of sp³-hybridized carbons (Fsp3) is 0.353. The SMILES string of the molecule is CCN1CCc2nc(-c3cc(F)cc(F)c3)cc(C)c2C1. The number of aryl methyl sites for hydroxylation is 1. The first-order valence-corrected chi connectivity index (χ1v) is 7.25. The van der Waals surface area contributed by atoms with Gasteiger partial charge in [0.25, 0.3) is 0 Å². The minimum Gasteiger partial charge on any atom is -0.299 e. The Labute approximate surface area is 123 Å². The van der Waals surface area contributed by atoms with Gasteiger partial charge in [0.1, 0.15) is 11.6 Å². The largest absolute Gasteiger partial charge is 0.299 e. The van der Waals surface area contributed by atoms with Gasteiger partial charge in [-0.3, -0.25) is 9.88 Å². The van der Waals surface area contributed by atoms with Crippen LogP contribution in [0.2, 0.25) is 0 Å². The molecule has 0 saturated carbocycles. The average Bonchev–Trinajstić information content (AvgIpc) is 2.46. The molecule has 1 aliphatic rings. The van der Waals surface area contributed by atoms with E-state index >= 15 is 0 Å². The fourth-order valence-electron chi connectivity index (χ4n) is 2.87. The second kappa shape index (κ2) is 5.53. The summed E-state index contributed by atoms with van der Waals surface area (Å²) < 4.78 is 26.8. The Bertz CT molecular complexity index is 662. The van der Waals surface area contributed by atoms with Gasteiger partial charge >= 0.3 is 0 Å². The zero-order valence-corrected chi connectivity index (χ0v) is 12.3. The van der Waals surface area contributed by atoms with Gasteiger partial charge in [0, 0.05) is 36.8 Å². The summed E-state index contributed by atoms with van der Waals surface area (Å²) in [6.07, 6.45) is 0.885. The van der Waals surface area contributed by atoms with E-state index < -0.39 is 11.6 Å². The van der Waals surface area contributed by atoms with Crippen molar-refractivity contribution in [1.29, 1.82) is 0 Å². The predicted octanol–water partition coefficient (Wildman–Crippen LogP) is 3.71. The molecule has 1 aromatic carbocycles. The van der Waals surface area contributed by atoms with E-state index in [-0.39, 0.29) is 0 Å². The minimum atomic E-state index is -0.570. The summed E-state index contributed by atoms with van der Waals surface area (Å²) in [5.74, 6) is -1.14. The van der Waals surface area contributed by atoms with Crippen LogP contribution in [0.1, 0.15) is 23.7 Å². The van der Waals surface area contributed by atoms with Gasteiger partial charge in [0.15, 0.2) is 0 Å². The Morgan fingerprint density at radius 1 is 1.14 bits per heavy atom. The van der Waals surface area contributed by atoms with Crippen LogP contribution in [-0.2, 0) is 13.0 Å². The van der Waals surface area contributed by atoms with Gasteiger partial charge in [-0.25, -0.2) is 8.78 Å². The number of aromatic nitrogens is 1. The van der Waals surface area contributed by atoms with Crippen molar-refractivity contribution in [2.45, 2.75) is 26.8 Å².